The number of anilines is 2. The van der Waals surface area contributed by atoms with Crippen molar-refractivity contribution in [3.63, 3.8) is 0 Å². The number of hydrogen-bond acceptors (Lipinski definition) is 6. The average molecular weight is 305 g/mol. The van der Waals surface area contributed by atoms with Crippen molar-refractivity contribution in [2.75, 3.05) is 30.9 Å². The van der Waals surface area contributed by atoms with Crippen LogP contribution in [0.1, 0.15) is 5.69 Å². The van der Waals surface area contributed by atoms with Crippen molar-refractivity contribution in [2.45, 2.75) is 6.42 Å². The number of rotatable bonds is 4. The van der Waals surface area contributed by atoms with Crippen LogP contribution in [-0.4, -0.2) is 31.2 Å². The molecule has 2 aromatic rings. The summed E-state index contributed by atoms with van der Waals surface area (Å²) < 4.78 is 10.9. The Morgan fingerprint density at radius 1 is 1.33 bits per heavy atom. The number of nitrogens with one attached hydrogen (secondary N) is 2. The van der Waals surface area contributed by atoms with E-state index in [0.717, 1.165) is 10.8 Å². The summed E-state index contributed by atoms with van der Waals surface area (Å²) in [6.45, 7) is 1.08. The summed E-state index contributed by atoms with van der Waals surface area (Å²) in [6.07, 6.45) is 0.243. The molecule has 0 saturated carbocycles. The van der Waals surface area contributed by atoms with Crippen LogP contribution >= 0.6 is 11.3 Å². The zero-order valence-corrected chi connectivity index (χ0v) is 12.3. The van der Waals surface area contributed by atoms with Crippen LogP contribution in [0.3, 0.4) is 0 Å². The number of ether oxygens (including phenoxy) is 2. The van der Waals surface area contributed by atoms with Crippen LogP contribution < -0.4 is 20.1 Å². The van der Waals surface area contributed by atoms with Crippen molar-refractivity contribution < 1.29 is 14.3 Å². The highest BCUT2D eigenvalue weighted by atomic mass is 32.1. The summed E-state index contributed by atoms with van der Waals surface area (Å²) >= 11 is 1.48. The van der Waals surface area contributed by atoms with E-state index < -0.39 is 0 Å². The Labute approximate surface area is 126 Å². The fourth-order valence-corrected chi connectivity index (χ4v) is 2.67. The Kier molecular flexibility index (Phi) is 3.92. The normalized spacial score (nSPS) is 12.8. The minimum absolute atomic E-state index is 0.111. The third-order valence-corrected chi connectivity index (χ3v) is 3.84. The fraction of sp³-hybridized carbons (Fsp3) is 0.286. The second-order valence-electron chi connectivity index (χ2n) is 4.48. The van der Waals surface area contributed by atoms with Gasteiger partial charge >= 0.3 is 0 Å². The van der Waals surface area contributed by atoms with Gasteiger partial charge in [-0.15, -0.1) is 11.3 Å². The van der Waals surface area contributed by atoms with Crippen molar-refractivity contribution in [3.8, 4) is 11.5 Å². The van der Waals surface area contributed by atoms with E-state index >= 15 is 0 Å². The Balaban J connectivity index is 1.64. The molecule has 0 unspecified atom stereocenters. The van der Waals surface area contributed by atoms with Gasteiger partial charge in [-0.1, -0.05) is 0 Å². The first-order valence-electron chi connectivity index (χ1n) is 6.56. The number of thiazole rings is 1. The maximum Gasteiger partial charge on any atom is 0.230 e. The van der Waals surface area contributed by atoms with Crippen molar-refractivity contribution in [1.29, 1.82) is 0 Å². The second-order valence-corrected chi connectivity index (χ2v) is 5.34. The van der Waals surface area contributed by atoms with E-state index in [1.807, 2.05) is 5.38 Å². The molecule has 0 atom stereocenters. The SMILES string of the molecule is CNc1nc(CC(=O)Nc2ccc3c(c2)OCCO3)cs1. The number of nitrogens with zero attached hydrogens (tertiary/aromatic N) is 1. The van der Waals surface area contributed by atoms with Crippen LogP contribution in [-0.2, 0) is 11.2 Å². The molecule has 2 heterocycles. The van der Waals surface area contributed by atoms with E-state index in [0.29, 0.717) is 30.4 Å². The molecule has 1 aliphatic rings. The number of carbonyl (C=O) groups excluding carboxylic acids is 1. The molecule has 110 valence electrons. The number of hydrogen-bond donors (Lipinski definition) is 2. The van der Waals surface area contributed by atoms with Crippen LogP contribution in [0.5, 0.6) is 11.5 Å². The van der Waals surface area contributed by atoms with E-state index in [1.54, 1.807) is 25.2 Å². The van der Waals surface area contributed by atoms with Gasteiger partial charge in [0, 0.05) is 24.2 Å². The standard InChI is InChI=1S/C14H15N3O3S/c1-15-14-17-10(8-21-14)7-13(18)16-9-2-3-11-12(6-9)20-5-4-19-11/h2-3,6,8H,4-5,7H2,1H3,(H,15,17)(H,16,18). The highest BCUT2D eigenvalue weighted by molar-refractivity contribution is 7.13. The first kappa shape index (κ1) is 13.7. The molecule has 3 rings (SSSR count). The van der Waals surface area contributed by atoms with Gasteiger partial charge in [-0.25, -0.2) is 4.98 Å². The molecule has 1 aromatic heterocycles. The van der Waals surface area contributed by atoms with Crippen LogP contribution in [0.25, 0.3) is 0 Å². The molecule has 1 amide bonds. The molecule has 2 N–H and O–H groups in total. The van der Waals surface area contributed by atoms with E-state index in [4.69, 9.17) is 9.47 Å². The molecule has 1 aliphatic heterocycles. The van der Waals surface area contributed by atoms with Crippen molar-refractivity contribution in [3.05, 3.63) is 29.3 Å². The number of aromatic nitrogens is 1. The maximum absolute atomic E-state index is 12.0. The lowest BCUT2D eigenvalue weighted by Crippen LogP contribution is -2.17. The average Bonchev–Trinajstić information content (AvgIpc) is 2.94. The lowest BCUT2D eigenvalue weighted by atomic mass is 10.2. The topological polar surface area (TPSA) is 72.5 Å². The first-order chi connectivity index (χ1) is 10.2. The minimum atomic E-state index is -0.111. The lowest BCUT2D eigenvalue weighted by molar-refractivity contribution is -0.115. The van der Waals surface area contributed by atoms with Crippen LogP contribution in [0.4, 0.5) is 10.8 Å². The van der Waals surface area contributed by atoms with Crippen molar-refractivity contribution in [2.24, 2.45) is 0 Å². The number of fused-ring (bicyclic) bond motifs is 1. The number of amides is 1. The smallest absolute Gasteiger partial charge is 0.230 e. The van der Waals surface area contributed by atoms with Crippen molar-refractivity contribution >= 4 is 28.1 Å². The van der Waals surface area contributed by atoms with Gasteiger partial charge in [-0.2, -0.15) is 0 Å². The lowest BCUT2D eigenvalue weighted by Gasteiger charge is -2.18. The molecule has 21 heavy (non-hydrogen) atoms. The van der Waals surface area contributed by atoms with Gasteiger partial charge in [0.2, 0.25) is 5.91 Å². The molecule has 0 saturated heterocycles. The van der Waals surface area contributed by atoms with Crippen LogP contribution in [0.2, 0.25) is 0 Å². The zero-order chi connectivity index (χ0) is 14.7. The Hall–Kier alpha value is -2.28. The van der Waals surface area contributed by atoms with Gasteiger partial charge in [0.25, 0.3) is 0 Å². The van der Waals surface area contributed by atoms with Gasteiger partial charge in [0.05, 0.1) is 12.1 Å². The van der Waals surface area contributed by atoms with Crippen LogP contribution in [0.15, 0.2) is 23.6 Å². The molecule has 0 spiro atoms. The highest BCUT2D eigenvalue weighted by Crippen LogP contribution is 2.32. The predicted octanol–water partition coefficient (Wildman–Crippen LogP) is 2.14. The van der Waals surface area contributed by atoms with Gasteiger partial charge in [-0.05, 0) is 12.1 Å². The van der Waals surface area contributed by atoms with E-state index in [9.17, 15) is 4.79 Å². The summed E-state index contributed by atoms with van der Waals surface area (Å²) in [6, 6.07) is 5.37. The summed E-state index contributed by atoms with van der Waals surface area (Å²) in [4.78, 5) is 16.3. The Morgan fingerprint density at radius 2 is 2.14 bits per heavy atom. The second kappa shape index (κ2) is 6.01. The molecule has 1 aromatic carbocycles. The molecule has 0 bridgehead atoms. The quantitative estimate of drug-likeness (QED) is 0.905. The van der Waals surface area contributed by atoms with E-state index in [-0.39, 0.29) is 12.3 Å². The van der Waals surface area contributed by atoms with Gasteiger partial charge in [0.1, 0.15) is 13.2 Å². The maximum atomic E-state index is 12.0. The summed E-state index contributed by atoms with van der Waals surface area (Å²) in [5.41, 5.74) is 1.44. The molecule has 7 heteroatoms. The Bertz CT molecular complexity index is 657. The fourth-order valence-electron chi connectivity index (χ4n) is 1.99. The monoisotopic (exact) mass is 305 g/mol. The molecular formula is C14H15N3O3S. The van der Waals surface area contributed by atoms with Crippen LogP contribution in [0, 0.1) is 0 Å². The summed E-state index contributed by atoms with van der Waals surface area (Å²) in [5, 5.41) is 8.46. The van der Waals surface area contributed by atoms with Gasteiger partial charge < -0.3 is 20.1 Å². The number of carbonyl (C=O) groups is 1. The predicted molar refractivity (Wildman–Crippen MR) is 81.4 cm³/mol. The zero-order valence-electron chi connectivity index (χ0n) is 11.5. The van der Waals surface area contributed by atoms with Gasteiger partial charge in [0.15, 0.2) is 16.6 Å². The molecule has 6 nitrogen and oxygen atoms in total. The van der Waals surface area contributed by atoms with E-state index in [1.165, 1.54) is 11.3 Å². The molecule has 0 radical (unpaired) electrons. The summed E-state index contributed by atoms with van der Waals surface area (Å²) in [5.74, 6) is 1.25. The molecule has 0 aliphatic carbocycles. The Morgan fingerprint density at radius 3 is 2.90 bits per heavy atom. The van der Waals surface area contributed by atoms with Crippen molar-refractivity contribution in [1.82, 2.24) is 4.98 Å². The number of benzene rings is 1. The first-order valence-corrected chi connectivity index (χ1v) is 7.44. The van der Waals surface area contributed by atoms with Gasteiger partial charge in [-0.3, -0.25) is 4.79 Å². The molecule has 0 fully saturated rings. The third kappa shape index (κ3) is 3.25. The summed E-state index contributed by atoms with van der Waals surface area (Å²) in [7, 11) is 1.80. The third-order valence-electron chi connectivity index (χ3n) is 2.93. The minimum Gasteiger partial charge on any atom is -0.486 e. The highest BCUT2D eigenvalue weighted by Gasteiger charge is 2.13. The van der Waals surface area contributed by atoms with E-state index in [2.05, 4.69) is 15.6 Å². The molecular weight excluding hydrogens is 290 g/mol. The largest absolute Gasteiger partial charge is 0.486 e.